The SMILES string of the molecule is CC1c2nnn(-c3ncc[nH]3)c2C=CN1C(=O)c1cccc(C(F)(F)F)c1Cl. The zero-order valence-corrected chi connectivity index (χ0v) is 15.0. The fraction of sp³-hybridized carbons (Fsp3) is 0.176. The van der Waals surface area contributed by atoms with Gasteiger partial charge in [0.2, 0.25) is 5.95 Å². The summed E-state index contributed by atoms with van der Waals surface area (Å²) in [6.45, 7) is 1.70. The van der Waals surface area contributed by atoms with Crippen molar-refractivity contribution in [1.82, 2.24) is 29.9 Å². The number of nitrogens with zero attached hydrogens (tertiary/aromatic N) is 5. The quantitative estimate of drug-likeness (QED) is 0.698. The van der Waals surface area contributed by atoms with Crippen molar-refractivity contribution in [1.29, 1.82) is 0 Å². The molecule has 1 N–H and O–H groups in total. The van der Waals surface area contributed by atoms with Gasteiger partial charge >= 0.3 is 6.18 Å². The predicted octanol–water partition coefficient (Wildman–Crippen LogP) is 3.85. The highest BCUT2D eigenvalue weighted by Gasteiger charge is 2.36. The molecule has 7 nitrogen and oxygen atoms in total. The summed E-state index contributed by atoms with van der Waals surface area (Å²) in [4.78, 5) is 21.2. The lowest BCUT2D eigenvalue weighted by Gasteiger charge is -2.28. The third kappa shape index (κ3) is 2.85. The van der Waals surface area contributed by atoms with Gasteiger partial charge in [-0.2, -0.15) is 17.9 Å². The minimum atomic E-state index is -4.66. The summed E-state index contributed by atoms with van der Waals surface area (Å²) in [5.41, 5.74) is -0.204. The Bertz CT molecular complexity index is 1070. The van der Waals surface area contributed by atoms with Gasteiger partial charge in [0.25, 0.3) is 5.91 Å². The molecule has 4 rings (SSSR count). The first-order valence-electron chi connectivity index (χ1n) is 8.11. The summed E-state index contributed by atoms with van der Waals surface area (Å²) >= 11 is 5.89. The second kappa shape index (κ2) is 6.48. The van der Waals surface area contributed by atoms with Crippen LogP contribution in [0.25, 0.3) is 12.0 Å². The normalized spacial score (nSPS) is 16.3. The molecule has 1 aromatic carbocycles. The van der Waals surface area contributed by atoms with Crippen LogP contribution in [0.4, 0.5) is 13.2 Å². The van der Waals surface area contributed by atoms with Crippen molar-refractivity contribution in [3.63, 3.8) is 0 Å². The number of rotatable bonds is 2. The lowest BCUT2D eigenvalue weighted by Crippen LogP contribution is -2.31. The van der Waals surface area contributed by atoms with Gasteiger partial charge < -0.3 is 9.88 Å². The summed E-state index contributed by atoms with van der Waals surface area (Å²) in [6, 6.07) is 2.68. The van der Waals surface area contributed by atoms with E-state index in [1.165, 1.54) is 21.8 Å². The predicted molar refractivity (Wildman–Crippen MR) is 93.6 cm³/mol. The topological polar surface area (TPSA) is 79.7 Å². The smallest absolute Gasteiger partial charge is 0.329 e. The first-order chi connectivity index (χ1) is 13.3. The molecule has 0 spiro atoms. The average molecular weight is 409 g/mol. The molecule has 1 unspecified atom stereocenters. The van der Waals surface area contributed by atoms with E-state index < -0.39 is 28.7 Å². The second-order valence-electron chi connectivity index (χ2n) is 6.05. The van der Waals surface area contributed by atoms with Gasteiger partial charge in [0.15, 0.2) is 0 Å². The van der Waals surface area contributed by atoms with Crippen molar-refractivity contribution in [3.05, 3.63) is 64.3 Å². The van der Waals surface area contributed by atoms with Crippen molar-refractivity contribution < 1.29 is 18.0 Å². The lowest BCUT2D eigenvalue weighted by atomic mass is 10.0. The lowest BCUT2D eigenvalue weighted by molar-refractivity contribution is -0.137. The van der Waals surface area contributed by atoms with Crippen LogP contribution in [-0.2, 0) is 6.18 Å². The first kappa shape index (κ1) is 18.2. The summed E-state index contributed by atoms with van der Waals surface area (Å²) in [7, 11) is 0. The van der Waals surface area contributed by atoms with Gasteiger partial charge in [-0.3, -0.25) is 4.79 Å². The third-order valence-corrected chi connectivity index (χ3v) is 4.80. The van der Waals surface area contributed by atoms with E-state index in [9.17, 15) is 18.0 Å². The molecule has 0 bridgehead atoms. The number of halogens is 4. The second-order valence-corrected chi connectivity index (χ2v) is 6.43. The molecule has 28 heavy (non-hydrogen) atoms. The van der Waals surface area contributed by atoms with Gasteiger partial charge in [-0.05, 0) is 25.1 Å². The Kier molecular flexibility index (Phi) is 4.22. The van der Waals surface area contributed by atoms with Crippen LogP contribution in [0.3, 0.4) is 0 Å². The van der Waals surface area contributed by atoms with Crippen molar-refractivity contribution >= 4 is 23.6 Å². The van der Waals surface area contributed by atoms with Gasteiger partial charge in [0.05, 0.1) is 27.9 Å². The standard InChI is InChI=1S/C17H12ClF3N6O/c1-9-14-12(27(25-24-14)16-22-6-7-23-16)5-8-26(9)15(28)10-3-2-4-11(13(10)18)17(19,20)21/h2-9H,1H3,(H,22,23). The largest absolute Gasteiger partial charge is 0.417 e. The Morgan fingerprint density at radius 2 is 2.11 bits per heavy atom. The molecule has 0 aliphatic carbocycles. The molecule has 11 heteroatoms. The molecular formula is C17H12ClF3N6O. The van der Waals surface area contributed by atoms with E-state index in [4.69, 9.17) is 11.6 Å². The molecule has 0 fully saturated rings. The van der Waals surface area contributed by atoms with Crippen molar-refractivity contribution in [2.75, 3.05) is 0 Å². The number of carbonyl (C=O) groups excluding carboxylic acids is 1. The molecule has 0 saturated carbocycles. The first-order valence-corrected chi connectivity index (χ1v) is 8.48. The Balaban J connectivity index is 1.70. The molecular weight excluding hydrogens is 397 g/mol. The Morgan fingerprint density at radius 3 is 2.79 bits per heavy atom. The summed E-state index contributed by atoms with van der Waals surface area (Å²) in [5, 5.41) is 7.49. The van der Waals surface area contributed by atoms with E-state index in [0.717, 1.165) is 12.1 Å². The molecule has 1 aliphatic heterocycles. The molecule has 0 saturated heterocycles. The number of alkyl halides is 3. The number of hydrogen-bond acceptors (Lipinski definition) is 4. The van der Waals surface area contributed by atoms with Gasteiger partial charge in [-0.15, -0.1) is 5.10 Å². The molecule has 3 heterocycles. The van der Waals surface area contributed by atoms with E-state index >= 15 is 0 Å². The maximum absolute atomic E-state index is 13.1. The van der Waals surface area contributed by atoms with Crippen LogP contribution < -0.4 is 0 Å². The van der Waals surface area contributed by atoms with Crippen LogP contribution >= 0.6 is 11.6 Å². The summed E-state index contributed by atoms with van der Waals surface area (Å²) in [6.07, 6.45) is 1.59. The number of hydrogen-bond donors (Lipinski definition) is 1. The van der Waals surface area contributed by atoms with Gasteiger partial charge in [-0.1, -0.05) is 22.9 Å². The van der Waals surface area contributed by atoms with Crippen molar-refractivity contribution in [2.45, 2.75) is 19.1 Å². The molecule has 1 atom stereocenters. The van der Waals surface area contributed by atoms with Crippen LogP contribution in [0.2, 0.25) is 5.02 Å². The van der Waals surface area contributed by atoms with Crippen LogP contribution in [0, 0.1) is 0 Å². The van der Waals surface area contributed by atoms with E-state index in [0.29, 0.717) is 17.3 Å². The van der Waals surface area contributed by atoms with Crippen LogP contribution in [-0.4, -0.2) is 35.8 Å². The number of amides is 1. The Hall–Kier alpha value is -3.14. The average Bonchev–Trinajstić information content (AvgIpc) is 3.30. The highest BCUT2D eigenvalue weighted by molar-refractivity contribution is 6.34. The number of H-pyrrole nitrogens is 1. The number of aromatic nitrogens is 5. The maximum atomic E-state index is 13.1. The highest BCUT2D eigenvalue weighted by Crippen LogP contribution is 2.38. The van der Waals surface area contributed by atoms with E-state index in [2.05, 4.69) is 20.3 Å². The summed E-state index contributed by atoms with van der Waals surface area (Å²) < 4.78 is 40.8. The third-order valence-electron chi connectivity index (χ3n) is 4.39. The Morgan fingerprint density at radius 1 is 1.32 bits per heavy atom. The van der Waals surface area contributed by atoms with Crippen molar-refractivity contribution in [2.24, 2.45) is 0 Å². The Labute approximate surface area is 161 Å². The number of imidazole rings is 1. The molecule has 3 aromatic rings. The fourth-order valence-corrected chi connectivity index (χ4v) is 3.31. The highest BCUT2D eigenvalue weighted by atomic mass is 35.5. The van der Waals surface area contributed by atoms with Crippen molar-refractivity contribution in [3.8, 4) is 5.95 Å². The zero-order chi connectivity index (χ0) is 20.1. The van der Waals surface area contributed by atoms with Gasteiger partial charge in [0, 0.05) is 18.6 Å². The molecule has 1 amide bonds. The number of aromatic amines is 1. The summed E-state index contributed by atoms with van der Waals surface area (Å²) in [5.74, 6) is -0.218. The van der Waals surface area contributed by atoms with E-state index in [1.807, 2.05) is 0 Å². The number of fused-ring (bicyclic) bond motifs is 1. The van der Waals surface area contributed by atoms with Gasteiger partial charge in [0.1, 0.15) is 5.69 Å². The van der Waals surface area contributed by atoms with Crippen LogP contribution in [0.15, 0.2) is 36.8 Å². The minimum absolute atomic E-state index is 0.241. The number of carbonyl (C=O) groups is 1. The number of benzene rings is 1. The van der Waals surface area contributed by atoms with Crippen LogP contribution in [0.1, 0.15) is 40.3 Å². The molecule has 2 aromatic heterocycles. The molecule has 0 radical (unpaired) electrons. The maximum Gasteiger partial charge on any atom is 0.417 e. The van der Waals surface area contributed by atoms with E-state index in [1.54, 1.807) is 25.4 Å². The molecule has 1 aliphatic rings. The molecule has 144 valence electrons. The monoisotopic (exact) mass is 408 g/mol. The fourth-order valence-electron chi connectivity index (χ4n) is 2.99. The van der Waals surface area contributed by atoms with Gasteiger partial charge in [-0.25, -0.2) is 4.98 Å². The zero-order valence-electron chi connectivity index (χ0n) is 14.3. The van der Waals surface area contributed by atoms with E-state index in [-0.39, 0.29) is 5.56 Å². The minimum Gasteiger partial charge on any atom is -0.329 e. The van der Waals surface area contributed by atoms with Crippen LogP contribution in [0.5, 0.6) is 0 Å². The number of nitrogens with one attached hydrogen (secondary N) is 1.